The molecule has 0 bridgehead atoms. The minimum atomic E-state index is -0.247. The standard InChI is InChI=1S/C19H21N3O2/c1-14-7-5-10-16(20-14)19(24)21-17(15-8-3-2-4-9-15)13-22-12-6-11-18(22)23/h2-5,7-10,17H,6,11-13H2,1H3,(H,21,24)/t17-/m1/s1. The largest absolute Gasteiger partial charge is 0.342 e. The van der Waals surface area contributed by atoms with Gasteiger partial charge in [0.15, 0.2) is 0 Å². The number of hydrogen-bond acceptors (Lipinski definition) is 3. The first-order valence-corrected chi connectivity index (χ1v) is 8.21. The third-order valence-electron chi connectivity index (χ3n) is 4.20. The summed E-state index contributed by atoms with van der Waals surface area (Å²) < 4.78 is 0. The Morgan fingerprint density at radius 1 is 1.21 bits per heavy atom. The number of carbonyl (C=O) groups is 2. The molecular weight excluding hydrogens is 302 g/mol. The normalized spacial score (nSPS) is 15.4. The molecule has 0 saturated carbocycles. The van der Waals surface area contributed by atoms with Crippen molar-refractivity contribution in [3.8, 4) is 0 Å². The van der Waals surface area contributed by atoms with Gasteiger partial charge in [-0.15, -0.1) is 0 Å². The number of benzene rings is 1. The smallest absolute Gasteiger partial charge is 0.270 e. The monoisotopic (exact) mass is 323 g/mol. The van der Waals surface area contributed by atoms with Crippen molar-refractivity contribution in [2.45, 2.75) is 25.8 Å². The highest BCUT2D eigenvalue weighted by Gasteiger charge is 2.25. The fourth-order valence-corrected chi connectivity index (χ4v) is 2.94. The van der Waals surface area contributed by atoms with E-state index in [1.54, 1.807) is 6.07 Å². The van der Waals surface area contributed by atoms with Crippen LogP contribution in [-0.4, -0.2) is 34.8 Å². The van der Waals surface area contributed by atoms with Crippen LogP contribution in [0.4, 0.5) is 0 Å². The molecule has 0 aliphatic carbocycles. The van der Waals surface area contributed by atoms with Crippen molar-refractivity contribution >= 4 is 11.8 Å². The highest BCUT2D eigenvalue weighted by molar-refractivity contribution is 5.92. The molecule has 0 spiro atoms. The van der Waals surface area contributed by atoms with Crippen molar-refractivity contribution < 1.29 is 9.59 Å². The second-order valence-electron chi connectivity index (χ2n) is 6.04. The fraction of sp³-hybridized carbons (Fsp3) is 0.316. The van der Waals surface area contributed by atoms with Crippen LogP contribution in [0.15, 0.2) is 48.5 Å². The molecule has 1 aromatic heterocycles. The van der Waals surface area contributed by atoms with E-state index >= 15 is 0 Å². The van der Waals surface area contributed by atoms with Crippen LogP contribution >= 0.6 is 0 Å². The lowest BCUT2D eigenvalue weighted by atomic mass is 10.1. The molecular formula is C19H21N3O2. The second kappa shape index (κ2) is 7.25. The maximum atomic E-state index is 12.6. The summed E-state index contributed by atoms with van der Waals surface area (Å²) in [5.41, 5.74) is 2.18. The molecule has 1 aliphatic rings. The molecule has 0 radical (unpaired) electrons. The Bertz CT molecular complexity index is 730. The van der Waals surface area contributed by atoms with Crippen LogP contribution < -0.4 is 5.32 Å². The van der Waals surface area contributed by atoms with Gasteiger partial charge in [-0.25, -0.2) is 4.98 Å². The number of hydrogen-bond donors (Lipinski definition) is 1. The molecule has 1 aromatic carbocycles. The summed E-state index contributed by atoms with van der Waals surface area (Å²) in [6, 6.07) is 14.9. The van der Waals surface area contributed by atoms with E-state index in [9.17, 15) is 9.59 Å². The van der Waals surface area contributed by atoms with Gasteiger partial charge in [0, 0.05) is 25.2 Å². The molecule has 2 amide bonds. The van der Waals surface area contributed by atoms with E-state index in [0.29, 0.717) is 18.7 Å². The summed E-state index contributed by atoms with van der Waals surface area (Å²) in [5.74, 6) is -0.0712. The zero-order valence-corrected chi connectivity index (χ0v) is 13.7. The Morgan fingerprint density at radius 2 is 2.00 bits per heavy atom. The first-order valence-electron chi connectivity index (χ1n) is 8.21. The van der Waals surface area contributed by atoms with Crippen molar-refractivity contribution in [2.24, 2.45) is 0 Å². The van der Waals surface area contributed by atoms with E-state index in [2.05, 4.69) is 10.3 Å². The van der Waals surface area contributed by atoms with Gasteiger partial charge in [-0.3, -0.25) is 9.59 Å². The molecule has 24 heavy (non-hydrogen) atoms. The quantitative estimate of drug-likeness (QED) is 0.919. The van der Waals surface area contributed by atoms with Gasteiger partial charge in [0.05, 0.1) is 6.04 Å². The summed E-state index contributed by atoms with van der Waals surface area (Å²) >= 11 is 0. The summed E-state index contributed by atoms with van der Waals surface area (Å²) in [7, 11) is 0. The molecule has 1 saturated heterocycles. The number of nitrogens with zero attached hydrogens (tertiary/aromatic N) is 2. The molecule has 5 heteroatoms. The number of likely N-dealkylation sites (tertiary alicyclic amines) is 1. The summed E-state index contributed by atoms with van der Waals surface area (Å²) in [5, 5.41) is 3.03. The van der Waals surface area contributed by atoms with Gasteiger partial charge in [-0.1, -0.05) is 36.4 Å². The van der Waals surface area contributed by atoms with Crippen molar-refractivity contribution in [3.63, 3.8) is 0 Å². The summed E-state index contributed by atoms with van der Waals surface area (Å²) in [4.78, 5) is 30.6. The Balaban J connectivity index is 1.79. The highest BCUT2D eigenvalue weighted by Crippen LogP contribution is 2.19. The lowest BCUT2D eigenvalue weighted by molar-refractivity contribution is -0.128. The predicted octanol–water partition coefficient (Wildman–Crippen LogP) is 2.48. The average Bonchev–Trinajstić information content (AvgIpc) is 3.00. The Kier molecular flexibility index (Phi) is 4.89. The van der Waals surface area contributed by atoms with Gasteiger partial charge in [0.1, 0.15) is 5.69 Å². The summed E-state index contributed by atoms with van der Waals surface area (Å²) in [6.07, 6.45) is 1.47. The van der Waals surface area contributed by atoms with Crippen molar-refractivity contribution in [2.75, 3.05) is 13.1 Å². The first kappa shape index (κ1) is 16.2. The third-order valence-corrected chi connectivity index (χ3v) is 4.20. The highest BCUT2D eigenvalue weighted by atomic mass is 16.2. The average molecular weight is 323 g/mol. The Morgan fingerprint density at radius 3 is 2.67 bits per heavy atom. The van der Waals surface area contributed by atoms with Gasteiger partial charge < -0.3 is 10.2 Å². The van der Waals surface area contributed by atoms with E-state index in [1.165, 1.54) is 0 Å². The molecule has 1 atom stereocenters. The zero-order chi connectivity index (χ0) is 16.9. The van der Waals surface area contributed by atoms with Gasteiger partial charge in [0.2, 0.25) is 5.91 Å². The maximum absolute atomic E-state index is 12.6. The molecule has 1 fully saturated rings. The second-order valence-corrected chi connectivity index (χ2v) is 6.04. The molecule has 1 aliphatic heterocycles. The fourth-order valence-electron chi connectivity index (χ4n) is 2.94. The minimum Gasteiger partial charge on any atom is -0.342 e. The minimum absolute atomic E-state index is 0.152. The van der Waals surface area contributed by atoms with Crippen molar-refractivity contribution in [1.29, 1.82) is 0 Å². The Labute approximate surface area is 141 Å². The number of aromatic nitrogens is 1. The number of rotatable bonds is 5. The van der Waals surface area contributed by atoms with E-state index in [1.807, 2.05) is 54.3 Å². The number of carbonyl (C=O) groups excluding carboxylic acids is 2. The first-order chi connectivity index (χ1) is 11.6. The molecule has 3 rings (SSSR count). The molecule has 1 N–H and O–H groups in total. The van der Waals surface area contributed by atoms with Crippen LogP contribution in [0.1, 0.15) is 40.6 Å². The topological polar surface area (TPSA) is 62.3 Å². The van der Waals surface area contributed by atoms with E-state index < -0.39 is 0 Å². The predicted molar refractivity (Wildman–Crippen MR) is 91.4 cm³/mol. The molecule has 2 heterocycles. The number of amides is 2. The van der Waals surface area contributed by atoms with Gasteiger partial charge in [-0.05, 0) is 31.0 Å². The van der Waals surface area contributed by atoms with E-state index in [-0.39, 0.29) is 17.9 Å². The lowest BCUT2D eigenvalue weighted by Crippen LogP contribution is -2.38. The van der Waals surface area contributed by atoms with Crippen LogP contribution in [-0.2, 0) is 4.79 Å². The zero-order valence-electron chi connectivity index (χ0n) is 13.7. The van der Waals surface area contributed by atoms with Crippen LogP contribution in [0.25, 0.3) is 0 Å². The van der Waals surface area contributed by atoms with Gasteiger partial charge >= 0.3 is 0 Å². The number of pyridine rings is 1. The lowest BCUT2D eigenvalue weighted by Gasteiger charge is -2.25. The van der Waals surface area contributed by atoms with Crippen molar-refractivity contribution in [3.05, 3.63) is 65.5 Å². The molecule has 0 unspecified atom stereocenters. The van der Waals surface area contributed by atoms with Crippen LogP contribution in [0, 0.1) is 6.92 Å². The maximum Gasteiger partial charge on any atom is 0.270 e. The van der Waals surface area contributed by atoms with Crippen molar-refractivity contribution in [1.82, 2.24) is 15.2 Å². The SMILES string of the molecule is Cc1cccc(C(=O)N[C@H](CN2CCCC2=O)c2ccccc2)n1. The number of nitrogens with one attached hydrogen (secondary N) is 1. The number of aryl methyl sites for hydroxylation is 1. The van der Waals surface area contributed by atoms with E-state index in [0.717, 1.165) is 24.2 Å². The molecule has 2 aromatic rings. The Hall–Kier alpha value is -2.69. The van der Waals surface area contributed by atoms with Gasteiger partial charge in [0.25, 0.3) is 5.91 Å². The summed E-state index contributed by atoms with van der Waals surface area (Å²) in [6.45, 7) is 3.09. The molecule has 124 valence electrons. The third kappa shape index (κ3) is 3.79. The molecule has 5 nitrogen and oxygen atoms in total. The van der Waals surface area contributed by atoms with E-state index in [4.69, 9.17) is 0 Å². The van der Waals surface area contributed by atoms with Crippen LogP contribution in [0.5, 0.6) is 0 Å². The van der Waals surface area contributed by atoms with Gasteiger partial charge in [-0.2, -0.15) is 0 Å². The van der Waals surface area contributed by atoms with Crippen LogP contribution in [0.2, 0.25) is 0 Å². The van der Waals surface area contributed by atoms with Crippen LogP contribution in [0.3, 0.4) is 0 Å².